The van der Waals surface area contributed by atoms with Crippen LogP contribution in [0.15, 0.2) is 0 Å². The third-order valence-corrected chi connectivity index (χ3v) is 6.08. The molecule has 112 valence electrons. The van der Waals surface area contributed by atoms with E-state index in [9.17, 15) is 0 Å². The molecule has 0 saturated heterocycles. The Morgan fingerprint density at radius 3 is 2.37 bits per heavy atom. The van der Waals surface area contributed by atoms with Gasteiger partial charge in [-0.05, 0) is 67.7 Å². The number of fused-ring (bicyclic) bond motifs is 2. The highest BCUT2D eigenvalue weighted by atomic mass is 14.9. The molecule has 0 aromatic rings. The van der Waals surface area contributed by atoms with Crippen molar-refractivity contribution in [3.63, 3.8) is 0 Å². The number of hydrogen-bond acceptors (Lipinski definition) is 1. The van der Waals surface area contributed by atoms with Gasteiger partial charge in [0, 0.05) is 6.04 Å². The Morgan fingerprint density at radius 1 is 1.16 bits per heavy atom. The summed E-state index contributed by atoms with van der Waals surface area (Å²) in [6.45, 7) is 13.0. The van der Waals surface area contributed by atoms with Crippen molar-refractivity contribution in [2.45, 2.75) is 79.2 Å². The standard InChI is InChI=1S/C18H35N/c1-6-19-17(9-13(2)18(3,4)5)12-16-11-14-7-8-15(16)10-14/h13-17,19H,6-12H2,1-5H3. The molecule has 2 aliphatic carbocycles. The molecule has 1 N–H and O–H groups in total. The fraction of sp³-hybridized carbons (Fsp3) is 1.00. The largest absolute Gasteiger partial charge is 0.314 e. The van der Waals surface area contributed by atoms with Crippen LogP contribution in [-0.4, -0.2) is 12.6 Å². The van der Waals surface area contributed by atoms with E-state index in [1.165, 1.54) is 32.1 Å². The molecule has 2 rings (SSSR count). The van der Waals surface area contributed by atoms with Crippen LogP contribution in [0.2, 0.25) is 0 Å². The van der Waals surface area contributed by atoms with Crippen molar-refractivity contribution in [3.8, 4) is 0 Å². The summed E-state index contributed by atoms with van der Waals surface area (Å²) in [5.74, 6) is 4.01. The molecule has 2 saturated carbocycles. The molecule has 2 aliphatic rings. The first-order valence-electron chi connectivity index (χ1n) is 8.63. The minimum atomic E-state index is 0.447. The second kappa shape index (κ2) is 6.16. The summed E-state index contributed by atoms with van der Waals surface area (Å²) in [4.78, 5) is 0. The van der Waals surface area contributed by atoms with E-state index in [1.807, 2.05) is 0 Å². The van der Waals surface area contributed by atoms with Crippen LogP contribution in [0.5, 0.6) is 0 Å². The summed E-state index contributed by atoms with van der Waals surface area (Å²) in [5, 5.41) is 3.77. The average molecular weight is 265 g/mol. The first kappa shape index (κ1) is 15.4. The summed E-state index contributed by atoms with van der Waals surface area (Å²) in [7, 11) is 0. The monoisotopic (exact) mass is 265 g/mol. The van der Waals surface area contributed by atoms with Gasteiger partial charge in [0.05, 0.1) is 0 Å². The van der Waals surface area contributed by atoms with Gasteiger partial charge in [-0.25, -0.2) is 0 Å². The molecule has 2 bridgehead atoms. The first-order valence-corrected chi connectivity index (χ1v) is 8.63. The Labute approximate surface area is 120 Å². The molecule has 5 unspecified atom stereocenters. The van der Waals surface area contributed by atoms with Gasteiger partial charge in [0.25, 0.3) is 0 Å². The van der Waals surface area contributed by atoms with Crippen LogP contribution in [0.4, 0.5) is 0 Å². The third kappa shape index (κ3) is 3.97. The smallest absolute Gasteiger partial charge is 0.00724 e. The highest BCUT2D eigenvalue weighted by Crippen LogP contribution is 2.50. The molecule has 0 radical (unpaired) electrons. The molecule has 19 heavy (non-hydrogen) atoms. The topological polar surface area (TPSA) is 12.0 Å². The zero-order valence-corrected chi connectivity index (χ0v) is 13.8. The molecule has 5 atom stereocenters. The number of rotatable bonds is 6. The Balaban J connectivity index is 1.85. The molecule has 1 nitrogen and oxygen atoms in total. The predicted molar refractivity (Wildman–Crippen MR) is 84.3 cm³/mol. The van der Waals surface area contributed by atoms with Gasteiger partial charge in [0.2, 0.25) is 0 Å². The first-order chi connectivity index (χ1) is 8.90. The van der Waals surface area contributed by atoms with Gasteiger partial charge < -0.3 is 5.32 Å². The molecule has 0 aromatic carbocycles. The van der Waals surface area contributed by atoms with Gasteiger partial charge in [-0.3, -0.25) is 0 Å². The van der Waals surface area contributed by atoms with E-state index >= 15 is 0 Å². The van der Waals surface area contributed by atoms with Gasteiger partial charge >= 0.3 is 0 Å². The van der Waals surface area contributed by atoms with Gasteiger partial charge in [0.15, 0.2) is 0 Å². The van der Waals surface area contributed by atoms with Crippen LogP contribution in [0.25, 0.3) is 0 Å². The van der Waals surface area contributed by atoms with Crippen molar-refractivity contribution in [2.75, 3.05) is 6.54 Å². The lowest BCUT2D eigenvalue weighted by molar-refractivity contribution is 0.197. The van der Waals surface area contributed by atoms with Crippen LogP contribution in [-0.2, 0) is 0 Å². The minimum Gasteiger partial charge on any atom is -0.314 e. The lowest BCUT2D eigenvalue weighted by atomic mass is 9.76. The fourth-order valence-electron chi connectivity index (χ4n) is 4.36. The zero-order chi connectivity index (χ0) is 14.0. The Bertz CT molecular complexity index is 278. The van der Waals surface area contributed by atoms with E-state index < -0.39 is 0 Å². The molecule has 0 aromatic heterocycles. The maximum Gasteiger partial charge on any atom is 0.00724 e. The summed E-state index contributed by atoms with van der Waals surface area (Å²) in [6.07, 6.45) is 8.95. The van der Waals surface area contributed by atoms with Crippen molar-refractivity contribution in [1.82, 2.24) is 5.32 Å². The van der Waals surface area contributed by atoms with Gasteiger partial charge in [-0.15, -0.1) is 0 Å². The summed E-state index contributed by atoms with van der Waals surface area (Å²) in [6, 6.07) is 0.753. The Kier molecular flexibility index (Phi) is 4.98. The SMILES string of the molecule is CCNC(CC1CC2CCC1C2)CC(C)C(C)(C)C. The predicted octanol–water partition coefficient (Wildman–Crippen LogP) is 4.86. The normalized spacial score (nSPS) is 33.6. The van der Waals surface area contributed by atoms with Crippen molar-refractivity contribution in [2.24, 2.45) is 29.1 Å². The summed E-state index contributed by atoms with van der Waals surface area (Å²) < 4.78 is 0. The van der Waals surface area contributed by atoms with E-state index in [4.69, 9.17) is 0 Å². The van der Waals surface area contributed by atoms with Crippen LogP contribution in [0.1, 0.15) is 73.1 Å². The van der Waals surface area contributed by atoms with E-state index in [1.54, 1.807) is 6.42 Å². The Morgan fingerprint density at radius 2 is 1.89 bits per heavy atom. The number of nitrogens with one attached hydrogen (secondary N) is 1. The second-order valence-corrected chi connectivity index (χ2v) is 8.43. The van der Waals surface area contributed by atoms with Crippen LogP contribution in [0, 0.1) is 29.1 Å². The van der Waals surface area contributed by atoms with Gasteiger partial charge in [-0.1, -0.05) is 41.0 Å². The maximum atomic E-state index is 3.77. The van der Waals surface area contributed by atoms with Crippen LogP contribution in [0.3, 0.4) is 0 Å². The second-order valence-electron chi connectivity index (χ2n) is 8.43. The maximum absolute atomic E-state index is 3.77. The van der Waals surface area contributed by atoms with Crippen LogP contribution < -0.4 is 5.32 Å². The molecule has 1 heteroatoms. The fourth-order valence-corrected chi connectivity index (χ4v) is 4.36. The van der Waals surface area contributed by atoms with Crippen molar-refractivity contribution >= 4 is 0 Å². The molecule has 0 spiro atoms. The molecule has 2 fully saturated rings. The van der Waals surface area contributed by atoms with Gasteiger partial charge in [-0.2, -0.15) is 0 Å². The molecular weight excluding hydrogens is 230 g/mol. The molecule has 0 amide bonds. The highest BCUT2D eigenvalue weighted by Gasteiger charge is 2.40. The van der Waals surface area contributed by atoms with Crippen molar-refractivity contribution in [1.29, 1.82) is 0 Å². The highest BCUT2D eigenvalue weighted by molar-refractivity contribution is 4.92. The van der Waals surface area contributed by atoms with Crippen LogP contribution >= 0.6 is 0 Å². The summed E-state index contributed by atoms with van der Waals surface area (Å²) in [5.41, 5.74) is 0.447. The zero-order valence-electron chi connectivity index (χ0n) is 13.8. The van der Waals surface area contributed by atoms with E-state index in [-0.39, 0.29) is 0 Å². The Hall–Kier alpha value is -0.0400. The van der Waals surface area contributed by atoms with Gasteiger partial charge in [0.1, 0.15) is 0 Å². The lowest BCUT2D eigenvalue weighted by Gasteiger charge is -2.33. The molecular formula is C18H35N. The third-order valence-electron chi connectivity index (χ3n) is 6.08. The minimum absolute atomic E-state index is 0.447. The number of hydrogen-bond donors (Lipinski definition) is 1. The van der Waals surface area contributed by atoms with Crippen molar-refractivity contribution < 1.29 is 0 Å². The lowest BCUT2D eigenvalue weighted by Crippen LogP contribution is -2.36. The van der Waals surface area contributed by atoms with E-state index in [0.717, 1.165) is 36.3 Å². The van der Waals surface area contributed by atoms with E-state index in [0.29, 0.717) is 5.41 Å². The quantitative estimate of drug-likeness (QED) is 0.723. The molecule has 0 aliphatic heterocycles. The molecule has 0 heterocycles. The van der Waals surface area contributed by atoms with Crippen molar-refractivity contribution in [3.05, 3.63) is 0 Å². The summed E-state index contributed by atoms with van der Waals surface area (Å²) >= 11 is 0. The van der Waals surface area contributed by atoms with E-state index in [2.05, 4.69) is 39.9 Å². The average Bonchev–Trinajstić information content (AvgIpc) is 2.89.